The van der Waals surface area contributed by atoms with E-state index in [0.29, 0.717) is 5.69 Å². The van der Waals surface area contributed by atoms with Gasteiger partial charge in [0.2, 0.25) is 0 Å². The summed E-state index contributed by atoms with van der Waals surface area (Å²) in [5.74, 6) is -1.37. The van der Waals surface area contributed by atoms with Crippen molar-refractivity contribution in [2.75, 3.05) is 5.32 Å². The number of aryl methyl sites for hydroxylation is 2. The first-order valence-electron chi connectivity index (χ1n) is 5.95. The van der Waals surface area contributed by atoms with E-state index in [2.05, 4.69) is 21.2 Å². The van der Waals surface area contributed by atoms with Gasteiger partial charge in [-0.05, 0) is 55.3 Å². The van der Waals surface area contributed by atoms with Crippen LogP contribution >= 0.6 is 15.9 Å². The molecule has 2 rings (SSSR count). The summed E-state index contributed by atoms with van der Waals surface area (Å²) in [6, 6.07) is 7.00. The van der Waals surface area contributed by atoms with Crippen LogP contribution in [0.4, 0.5) is 10.1 Å². The lowest BCUT2D eigenvalue weighted by Gasteiger charge is -2.13. The second kappa shape index (κ2) is 5.63. The van der Waals surface area contributed by atoms with E-state index in [-0.39, 0.29) is 11.3 Å². The van der Waals surface area contributed by atoms with Crippen LogP contribution in [0, 0.1) is 19.7 Å². The molecule has 0 heterocycles. The van der Waals surface area contributed by atoms with Gasteiger partial charge in [0.25, 0.3) is 5.91 Å². The van der Waals surface area contributed by atoms with Gasteiger partial charge in [-0.25, -0.2) is 4.39 Å². The summed E-state index contributed by atoms with van der Waals surface area (Å²) in [5.41, 5.74) is 2.32. The monoisotopic (exact) mass is 337 g/mol. The fraction of sp³-hybridized carbons (Fsp3) is 0.133. The molecule has 1 amide bonds. The second-order valence-corrected chi connectivity index (χ2v) is 5.45. The highest BCUT2D eigenvalue weighted by molar-refractivity contribution is 9.10. The molecular formula is C15H13BrFNO2. The van der Waals surface area contributed by atoms with Crippen molar-refractivity contribution in [1.82, 2.24) is 0 Å². The molecule has 104 valence electrons. The summed E-state index contributed by atoms with van der Waals surface area (Å²) in [7, 11) is 0. The molecule has 0 aliphatic rings. The van der Waals surface area contributed by atoms with E-state index in [1.54, 1.807) is 0 Å². The van der Waals surface area contributed by atoms with Gasteiger partial charge in [-0.15, -0.1) is 0 Å². The minimum atomic E-state index is -0.572. The normalized spacial score (nSPS) is 10.4. The minimum absolute atomic E-state index is 0.0910. The van der Waals surface area contributed by atoms with Gasteiger partial charge in [-0.2, -0.15) is 0 Å². The van der Waals surface area contributed by atoms with Crippen molar-refractivity contribution >= 4 is 27.5 Å². The number of hydrogen-bond donors (Lipinski definition) is 2. The number of benzene rings is 2. The average Bonchev–Trinajstić information content (AvgIpc) is 2.36. The van der Waals surface area contributed by atoms with Crippen LogP contribution in [-0.4, -0.2) is 11.0 Å². The summed E-state index contributed by atoms with van der Waals surface area (Å²) in [6.45, 7) is 3.72. The number of carbonyl (C=O) groups is 1. The molecule has 0 saturated carbocycles. The molecule has 0 unspecified atom stereocenters. The third-order valence-corrected chi connectivity index (χ3v) is 3.40. The Labute approximate surface area is 124 Å². The fourth-order valence-electron chi connectivity index (χ4n) is 1.98. The van der Waals surface area contributed by atoms with Gasteiger partial charge in [0, 0.05) is 10.2 Å². The molecule has 0 spiro atoms. The third kappa shape index (κ3) is 2.99. The van der Waals surface area contributed by atoms with Crippen LogP contribution in [0.15, 0.2) is 34.8 Å². The smallest absolute Gasteiger partial charge is 0.259 e. The molecule has 0 fully saturated rings. The van der Waals surface area contributed by atoms with E-state index in [9.17, 15) is 14.3 Å². The fourth-order valence-corrected chi connectivity index (χ4v) is 2.67. The molecule has 0 aromatic heterocycles. The first kappa shape index (κ1) is 14.5. The lowest BCUT2D eigenvalue weighted by molar-refractivity contribution is 0.102. The number of carbonyl (C=O) groups excluding carboxylic acids is 1. The highest BCUT2D eigenvalue weighted by Gasteiger charge is 2.14. The van der Waals surface area contributed by atoms with Crippen LogP contribution < -0.4 is 5.32 Å². The molecule has 0 atom stereocenters. The van der Waals surface area contributed by atoms with E-state index in [1.807, 2.05) is 26.0 Å². The Morgan fingerprint density at radius 3 is 2.40 bits per heavy atom. The number of hydrogen-bond acceptors (Lipinski definition) is 2. The number of halogens is 2. The average molecular weight is 338 g/mol. The van der Waals surface area contributed by atoms with Gasteiger partial charge in [0.15, 0.2) is 0 Å². The maximum atomic E-state index is 13.2. The number of phenolic OH excluding ortho intramolecular Hbond substituents is 1. The molecule has 0 aliphatic carbocycles. The Morgan fingerprint density at radius 1 is 1.20 bits per heavy atom. The molecule has 2 N–H and O–H groups in total. The number of anilines is 1. The molecule has 5 heteroatoms. The second-order valence-electron chi connectivity index (χ2n) is 4.53. The number of phenols is 1. The zero-order valence-corrected chi connectivity index (χ0v) is 12.6. The number of rotatable bonds is 2. The first-order valence-corrected chi connectivity index (χ1v) is 6.74. The largest absolute Gasteiger partial charge is 0.507 e. The maximum Gasteiger partial charge on any atom is 0.259 e. The summed E-state index contributed by atoms with van der Waals surface area (Å²) in [4.78, 5) is 12.1. The molecule has 0 radical (unpaired) electrons. The lowest BCUT2D eigenvalue weighted by atomic mass is 10.1. The quantitative estimate of drug-likeness (QED) is 0.864. The van der Waals surface area contributed by atoms with E-state index in [4.69, 9.17) is 0 Å². The van der Waals surface area contributed by atoms with Gasteiger partial charge in [-0.3, -0.25) is 4.79 Å². The summed E-state index contributed by atoms with van der Waals surface area (Å²) in [6.07, 6.45) is 0. The molecule has 0 aliphatic heterocycles. The van der Waals surface area contributed by atoms with E-state index < -0.39 is 11.7 Å². The zero-order chi connectivity index (χ0) is 14.9. The van der Waals surface area contributed by atoms with Crippen LogP contribution in [-0.2, 0) is 0 Å². The molecule has 2 aromatic carbocycles. The van der Waals surface area contributed by atoms with Gasteiger partial charge >= 0.3 is 0 Å². The van der Waals surface area contributed by atoms with Crippen LogP contribution in [0.2, 0.25) is 0 Å². The molecule has 0 bridgehead atoms. The predicted molar refractivity (Wildman–Crippen MR) is 79.6 cm³/mol. The van der Waals surface area contributed by atoms with Crippen molar-refractivity contribution in [2.24, 2.45) is 0 Å². The Hall–Kier alpha value is -1.88. The Balaban J connectivity index is 2.35. The van der Waals surface area contributed by atoms with Crippen molar-refractivity contribution in [3.8, 4) is 5.75 Å². The van der Waals surface area contributed by atoms with Gasteiger partial charge in [0.1, 0.15) is 11.6 Å². The third-order valence-electron chi connectivity index (χ3n) is 2.94. The Morgan fingerprint density at radius 2 is 1.80 bits per heavy atom. The van der Waals surface area contributed by atoms with Crippen molar-refractivity contribution in [2.45, 2.75) is 13.8 Å². The molecule has 0 saturated heterocycles. The maximum absolute atomic E-state index is 13.2. The molecular weight excluding hydrogens is 325 g/mol. The Kier molecular flexibility index (Phi) is 4.09. The zero-order valence-electron chi connectivity index (χ0n) is 11.0. The number of nitrogens with one attached hydrogen (secondary N) is 1. The minimum Gasteiger partial charge on any atom is -0.507 e. The van der Waals surface area contributed by atoms with Crippen LogP contribution in [0.3, 0.4) is 0 Å². The van der Waals surface area contributed by atoms with Crippen molar-refractivity contribution in [3.05, 3.63) is 57.3 Å². The van der Waals surface area contributed by atoms with Crippen molar-refractivity contribution in [1.29, 1.82) is 0 Å². The van der Waals surface area contributed by atoms with Crippen molar-refractivity contribution in [3.63, 3.8) is 0 Å². The summed E-state index contributed by atoms with van der Waals surface area (Å²) < 4.78 is 14.1. The lowest BCUT2D eigenvalue weighted by Crippen LogP contribution is -2.14. The van der Waals surface area contributed by atoms with Crippen LogP contribution in [0.1, 0.15) is 21.5 Å². The topological polar surface area (TPSA) is 49.3 Å². The summed E-state index contributed by atoms with van der Waals surface area (Å²) in [5, 5.41) is 12.3. The van der Waals surface area contributed by atoms with E-state index in [1.165, 1.54) is 0 Å². The summed E-state index contributed by atoms with van der Waals surface area (Å²) >= 11 is 3.38. The SMILES string of the molecule is Cc1cc(Br)cc(C)c1NC(=O)c1cc(F)ccc1O. The standard InChI is InChI=1S/C15H13BrFNO2/c1-8-5-10(16)6-9(2)14(8)18-15(20)12-7-11(17)3-4-13(12)19/h3-7,19H,1-2H3,(H,18,20). The molecule has 2 aromatic rings. The first-order chi connectivity index (χ1) is 9.38. The van der Waals surface area contributed by atoms with Gasteiger partial charge < -0.3 is 10.4 Å². The number of aromatic hydroxyl groups is 1. The van der Waals surface area contributed by atoms with E-state index in [0.717, 1.165) is 33.8 Å². The van der Waals surface area contributed by atoms with Crippen LogP contribution in [0.5, 0.6) is 5.75 Å². The van der Waals surface area contributed by atoms with Gasteiger partial charge in [0.05, 0.1) is 5.56 Å². The van der Waals surface area contributed by atoms with Crippen molar-refractivity contribution < 1.29 is 14.3 Å². The predicted octanol–water partition coefficient (Wildman–Crippen LogP) is 4.16. The van der Waals surface area contributed by atoms with Gasteiger partial charge in [-0.1, -0.05) is 15.9 Å². The molecule has 3 nitrogen and oxygen atoms in total. The number of amides is 1. The van der Waals surface area contributed by atoms with Crippen LogP contribution in [0.25, 0.3) is 0 Å². The van der Waals surface area contributed by atoms with E-state index >= 15 is 0 Å². The highest BCUT2D eigenvalue weighted by atomic mass is 79.9. The Bertz CT molecular complexity index is 663. The molecule has 20 heavy (non-hydrogen) atoms. The highest BCUT2D eigenvalue weighted by Crippen LogP contribution is 2.27.